The van der Waals surface area contributed by atoms with Gasteiger partial charge in [-0.3, -0.25) is 9.89 Å². The van der Waals surface area contributed by atoms with Crippen molar-refractivity contribution in [3.8, 4) is 0 Å². The van der Waals surface area contributed by atoms with Crippen molar-refractivity contribution < 1.29 is 4.79 Å². The number of rotatable bonds is 5. The molecule has 1 atom stereocenters. The second-order valence-corrected chi connectivity index (χ2v) is 7.17. The second kappa shape index (κ2) is 7.21. The summed E-state index contributed by atoms with van der Waals surface area (Å²) in [4.78, 5) is 14.0. The maximum Gasteiger partial charge on any atom is 0.272 e. The Morgan fingerprint density at radius 2 is 2.12 bits per heavy atom. The first-order chi connectivity index (χ1) is 12.3. The maximum atomic E-state index is 12.9. The van der Waals surface area contributed by atoms with Gasteiger partial charge in [-0.1, -0.05) is 36.4 Å². The molecule has 3 heterocycles. The molecule has 3 aromatic rings. The molecule has 1 aliphatic rings. The van der Waals surface area contributed by atoms with E-state index in [1.807, 2.05) is 29.6 Å². The largest absolute Gasteiger partial charge is 0.343 e. The molecule has 0 spiro atoms. The van der Waals surface area contributed by atoms with E-state index in [4.69, 9.17) is 0 Å². The fraction of sp³-hybridized carbons (Fsp3) is 0.263. The van der Waals surface area contributed by atoms with E-state index >= 15 is 0 Å². The summed E-state index contributed by atoms with van der Waals surface area (Å²) in [5, 5.41) is 15.8. The van der Waals surface area contributed by atoms with Crippen LogP contribution in [-0.2, 0) is 19.4 Å². The topological polar surface area (TPSA) is 69.8 Å². The predicted molar refractivity (Wildman–Crippen MR) is 98.7 cm³/mol. The van der Waals surface area contributed by atoms with Crippen molar-refractivity contribution >= 4 is 17.2 Å². The number of carbonyl (C=O) groups is 1. The van der Waals surface area contributed by atoms with Crippen LogP contribution >= 0.6 is 11.3 Å². The standard InChI is InChI=1S/C19H20N4OS/c24-19(18-14-12-20-9-8-15(14)22-23-18)21-16(17-7-4-10-25-17)11-13-5-2-1-3-6-13/h1-7,10,16,20H,8-9,11-12H2,(H,21,24)(H,22,23). The SMILES string of the molecule is O=C(NC(Cc1ccccc1)c1cccs1)c1n[nH]c2c1CNCC2. The fourth-order valence-electron chi connectivity index (χ4n) is 3.20. The molecular weight excluding hydrogens is 332 g/mol. The summed E-state index contributed by atoms with van der Waals surface area (Å²) in [5.74, 6) is -0.115. The van der Waals surface area contributed by atoms with Crippen LogP contribution in [0.3, 0.4) is 0 Å². The molecule has 0 saturated heterocycles. The molecule has 0 fully saturated rings. The number of benzene rings is 1. The molecule has 0 bridgehead atoms. The third-order valence-electron chi connectivity index (χ3n) is 4.50. The third-order valence-corrected chi connectivity index (χ3v) is 5.48. The van der Waals surface area contributed by atoms with Crippen LogP contribution in [0.25, 0.3) is 0 Å². The van der Waals surface area contributed by atoms with Crippen LogP contribution in [0.4, 0.5) is 0 Å². The molecule has 4 rings (SSSR count). The molecule has 0 aliphatic carbocycles. The molecule has 128 valence electrons. The van der Waals surface area contributed by atoms with Crippen molar-refractivity contribution in [1.82, 2.24) is 20.8 Å². The Hall–Kier alpha value is -2.44. The van der Waals surface area contributed by atoms with Gasteiger partial charge in [0.25, 0.3) is 5.91 Å². The summed E-state index contributed by atoms with van der Waals surface area (Å²) in [6.45, 7) is 1.61. The minimum absolute atomic E-state index is 0.0567. The number of hydrogen-bond donors (Lipinski definition) is 3. The summed E-state index contributed by atoms with van der Waals surface area (Å²) >= 11 is 1.66. The number of H-pyrrole nitrogens is 1. The number of amides is 1. The van der Waals surface area contributed by atoms with Crippen molar-refractivity contribution in [2.75, 3.05) is 6.54 Å². The lowest BCUT2D eigenvalue weighted by Gasteiger charge is -2.18. The summed E-state index contributed by atoms with van der Waals surface area (Å²) in [5.41, 5.74) is 3.77. The summed E-state index contributed by atoms with van der Waals surface area (Å²) in [7, 11) is 0. The van der Waals surface area contributed by atoms with Gasteiger partial charge < -0.3 is 10.6 Å². The van der Waals surface area contributed by atoms with Gasteiger partial charge in [-0.25, -0.2) is 0 Å². The van der Waals surface area contributed by atoms with E-state index in [0.717, 1.165) is 35.5 Å². The van der Waals surface area contributed by atoms with Crippen LogP contribution in [0.15, 0.2) is 47.8 Å². The van der Waals surface area contributed by atoms with Gasteiger partial charge in [0.15, 0.2) is 5.69 Å². The van der Waals surface area contributed by atoms with Crippen molar-refractivity contribution in [3.05, 3.63) is 75.2 Å². The lowest BCUT2D eigenvalue weighted by molar-refractivity contribution is 0.0931. The number of aromatic nitrogens is 2. The lowest BCUT2D eigenvalue weighted by Crippen LogP contribution is -2.32. The smallest absolute Gasteiger partial charge is 0.272 e. The highest BCUT2D eigenvalue weighted by Crippen LogP contribution is 2.24. The highest BCUT2D eigenvalue weighted by Gasteiger charge is 2.24. The quantitative estimate of drug-likeness (QED) is 0.661. The molecule has 3 N–H and O–H groups in total. The molecule has 6 heteroatoms. The zero-order chi connectivity index (χ0) is 17.1. The lowest BCUT2D eigenvalue weighted by atomic mass is 10.0. The molecule has 1 amide bonds. The average molecular weight is 352 g/mol. The molecule has 5 nitrogen and oxygen atoms in total. The number of nitrogens with zero attached hydrogens (tertiary/aromatic N) is 1. The molecule has 2 aromatic heterocycles. The average Bonchev–Trinajstić information content (AvgIpc) is 3.32. The Balaban J connectivity index is 1.56. The summed E-state index contributed by atoms with van der Waals surface area (Å²) < 4.78 is 0. The zero-order valence-electron chi connectivity index (χ0n) is 13.8. The van der Waals surface area contributed by atoms with Crippen molar-refractivity contribution in [3.63, 3.8) is 0 Å². The van der Waals surface area contributed by atoms with E-state index in [-0.39, 0.29) is 11.9 Å². The van der Waals surface area contributed by atoms with Gasteiger partial charge in [0.1, 0.15) is 0 Å². The van der Waals surface area contributed by atoms with Gasteiger partial charge in [0, 0.05) is 35.6 Å². The predicted octanol–water partition coefficient (Wildman–Crippen LogP) is 2.83. The summed E-state index contributed by atoms with van der Waals surface area (Å²) in [6, 6.07) is 14.3. The van der Waals surface area contributed by atoms with E-state index in [0.29, 0.717) is 12.2 Å². The Bertz CT molecular complexity index is 842. The number of thiophene rings is 1. The third kappa shape index (κ3) is 3.50. The van der Waals surface area contributed by atoms with Crippen LogP contribution in [0.1, 0.15) is 38.2 Å². The number of nitrogens with one attached hydrogen (secondary N) is 3. The van der Waals surface area contributed by atoms with Crippen molar-refractivity contribution in [2.24, 2.45) is 0 Å². The van der Waals surface area contributed by atoms with E-state index in [1.54, 1.807) is 11.3 Å². The van der Waals surface area contributed by atoms with Gasteiger partial charge in [-0.15, -0.1) is 11.3 Å². The molecule has 25 heavy (non-hydrogen) atoms. The van der Waals surface area contributed by atoms with Crippen LogP contribution in [-0.4, -0.2) is 22.6 Å². The van der Waals surface area contributed by atoms with E-state index < -0.39 is 0 Å². The number of fused-ring (bicyclic) bond motifs is 1. The van der Waals surface area contributed by atoms with Crippen LogP contribution in [0.2, 0.25) is 0 Å². The first-order valence-electron chi connectivity index (χ1n) is 8.46. The van der Waals surface area contributed by atoms with Crippen molar-refractivity contribution in [1.29, 1.82) is 0 Å². The Labute approximate surface area is 150 Å². The minimum atomic E-state index is -0.115. The second-order valence-electron chi connectivity index (χ2n) is 6.19. The zero-order valence-corrected chi connectivity index (χ0v) is 14.6. The molecule has 1 aromatic carbocycles. The number of aromatic amines is 1. The Kier molecular flexibility index (Phi) is 4.63. The first-order valence-corrected chi connectivity index (χ1v) is 9.34. The van der Waals surface area contributed by atoms with Gasteiger partial charge in [0.2, 0.25) is 0 Å². The monoisotopic (exact) mass is 352 g/mol. The fourth-order valence-corrected chi connectivity index (χ4v) is 3.98. The van der Waals surface area contributed by atoms with Gasteiger partial charge in [-0.05, 0) is 23.4 Å². The minimum Gasteiger partial charge on any atom is -0.343 e. The van der Waals surface area contributed by atoms with E-state index in [1.165, 1.54) is 5.56 Å². The number of hydrogen-bond acceptors (Lipinski definition) is 4. The first kappa shape index (κ1) is 16.1. The van der Waals surface area contributed by atoms with Gasteiger partial charge >= 0.3 is 0 Å². The Morgan fingerprint density at radius 1 is 1.24 bits per heavy atom. The van der Waals surface area contributed by atoms with Gasteiger partial charge in [-0.2, -0.15) is 5.10 Å². The van der Waals surface area contributed by atoms with Crippen molar-refractivity contribution in [2.45, 2.75) is 25.4 Å². The van der Waals surface area contributed by atoms with E-state index in [2.05, 4.69) is 39.0 Å². The van der Waals surface area contributed by atoms with Gasteiger partial charge in [0.05, 0.1) is 6.04 Å². The highest BCUT2D eigenvalue weighted by molar-refractivity contribution is 7.10. The highest BCUT2D eigenvalue weighted by atomic mass is 32.1. The van der Waals surface area contributed by atoms with Crippen LogP contribution in [0, 0.1) is 0 Å². The molecule has 1 unspecified atom stereocenters. The molecule has 0 radical (unpaired) electrons. The molecule has 1 aliphatic heterocycles. The maximum absolute atomic E-state index is 12.9. The van der Waals surface area contributed by atoms with Crippen LogP contribution < -0.4 is 10.6 Å². The molecule has 0 saturated carbocycles. The van der Waals surface area contributed by atoms with E-state index in [9.17, 15) is 4.79 Å². The molecular formula is C19H20N4OS. The summed E-state index contributed by atoms with van der Waals surface area (Å²) in [6.07, 6.45) is 1.64. The normalized spacial score (nSPS) is 14.7. The Morgan fingerprint density at radius 3 is 2.92 bits per heavy atom. The number of carbonyl (C=O) groups excluding carboxylic acids is 1. The van der Waals surface area contributed by atoms with Crippen LogP contribution in [0.5, 0.6) is 0 Å².